The molecule has 0 radical (unpaired) electrons. The van der Waals surface area contributed by atoms with E-state index in [1.807, 2.05) is 31.2 Å². The lowest BCUT2D eigenvalue weighted by Gasteiger charge is -1.97. The molecule has 0 saturated heterocycles. The van der Waals surface area contributed by atoms with Gasteiger partial charge in [-0.3, -0.25) is 4.79 Å². The number of H-pyrrole nitrogens is 1. The Bertz CT molecular complexity index is 743. The maximum Gasteiger partial charge on any atom is 0.163 e. The smallest absolute Gasteiger partial charge is 0.163 e. The average molecular weight is 225 g/mol. The van der Waals surface area contributed by atoms with E-state index in [0.717, 1.165) is 22.1 Å². The molecule has 0 aliphatic heterocycles. The normalized spacial score (nSPS) is 11.2. The third kappa shape index (κ3) is 1.34. The molecule has 0 atom stereocenters. The van der Waals surface area contributed by atoms with Crippen LogP contribution in [0.1, 0.15) is 23.0 Å². The summed E-state index contributed by atoms with van der Waals surface area (Å²) in [5, 5.41) is 9.29. The van der Waals surface area contributed by atoms with Crippen molar-refractivity contribution in [3.8, 4) is 0 Å². The number of hydrogen-bond acceptors (Lipinski definition) is 3. The van der Waals surface area contributed by atoms with Crippen molar-refractivity contribution in [1.82, 2.24) is 15.2 Å². The van der Waals surface area contributed by atoms with Crippen LogP contribution in [0.4, 0.5) is 0 Å². The van der Waals surface area contributed by atoms with Crippen LogP contribution in [0, 0.1) is 6.92 Å². The molecule has 0 amide bonds. The quantitative estimate of drug-likeness (QED) is 0.647. The lowest BCUT2D eigenvalue weighted by Crippen LogP contribution is -1.95. The minimum Gasteiger partial charge on any atom is -0.356 e. The van der Waals surface area contributed by atoms with Crippen LogP contribution in [0.3, 0.4) is 0 Å². The van der Waals surface area contributed by atoms with Crippen LogP contribution in [0.2, 0.25) is 0 Å². The predicted octanol–water partition coefficient (Wildman–Crippen LogP) is 2.62. The first-order valence-electron chi connectivity index (χ1n) is 5.43. The number of carbonyl (C=O) groups is 1. The minimum atomic E-state index is 0.0123. The second-order valence-electron chi connectivity index (χ2n) is 4.12. The Morgan fingerprint density at radius 3 is 2.76 bits per heavy atom. The largest absolute Gasteiger partial charge is 0.356 e. The number of carbonyl (C=O) groups excluding carboxylic acids is 1. The van der Waals surface area contributed by atoms with Crippen molar-refractivity contribution >= 4 is 27.7 Å². The van der Waals surface area contributed by atoms with E-state index in [9.17, 15) is 4.79 Å². The summed E-state index contributed by atoms with van der Waals surface area (Å²) in [5.74, 6) is 0.0123. The number of aromatic nitrogens is 3. The van der Waals surface area contributed by atoms with E-state index in [4.69, 9.17) is 0 Å². The average Bonchev–Trinajstić information content (AvgIpc) is 2.65. The van der Waals surface area contributed by atoms with Gasteiger partial charge in [0.15, 0.2) is 5.78 Å². The summed E-state index contributed by atoms with van der Waals surface area (Å²) < 4.78 is 0. The molecule has 0 fully saturated rings. The van der Waals surface area contributed by atoms with Gasteiger partial charge in [-0.05, 0) is 19.9 Å². The summed E-state index contributed by atoms with van der Waals surface area (Å²) in [5.41, 5.74) is 3.86. The number of nitrogens with one attached hydrogen (secondary N) is 1. The van der Waals surface area contributed by atoms with Crippen LogP contribution in [-0.4, -0.2) is 21.0 Å². The van der Waals surface area contributed by atoms with Crippen molar-refractivity contribution in [2.75, 3.05) is 0 Å². The van der Waals surface area contributed by atoms with Crippen LogP contribution in [0.5, 0.6) is 0 Å². The Morgan fingerprint density at radius 1 is 1.24 bits per heavy atom. The van der Waals surface area contributed by atoms with Crippen molar-refractivity contribution in [3.05, 3.63) is 35.5 Å². The molecular formula is C13H11N3O. The number of hydrogen-bond donors (Lipinski definition) is 1. The Balaban J connectivity index is 2.53. The number of rotatable bonds is 1. The minimum absolute atomic E-state index is 0.0123. The van der Waals surface area contributed by atoms with Gasteiger partial charge < -0.3 is 4.98 Å². The fourth-order valence-corrected chi connectivity index (χ4v) is 2.21. The van der Waals surface area contributed by atoms with Gasteiger partial charge in [-0.2, -0.15) is 0 Å². The SMILES string of the molecule is CC(=O)c1c(C)[nH]c2c1nnc1ccccc12. The highest BCUT2D eigenvalue weighted by Crippen LogP contribution is 2.25. The van der Waals surface area contributed by atoms with Gasteiger partial charge in [0.25, 0.3) is 0 Å². The van der Waals surface area contributed by atoms with Gasteiger partial charge >= 0.3 is 0 Å². The molecule has 0 bridgehead atoms. The molecule has 0 spiro atoms. The van der Waals surface area contributed by atoms with Gasteiger partial charge in [0, 0.05) is 11.1 Å². The third-order valence-corrected chi connectivity index (χ3v) is 2.94. The molecule has 4 nitrogen and oxygen atoms in total. The molecular weight excluding hydrogens is 214 g/mol. The van der Waals surface area contributed by atoms with Crippen LogP contribution in [-0.2, 0) is 0 Å². The van der Waals surface area contributed by atoms with Crippen molar-refractivity contribution in [1.29, 1.82) is 0 Å². The van der Waals surface area contributed by atoms with Crippen LogP contribution in [0.15, 0.2) is 24.3 Å². The fourth-order valence-electron chi connectivity index (χ4n) is 2.21. The van der Waals surface area contributed by atoms with Gasteiger partial charge in [-0.25, -0.2) is 0 Å². The molecule has 17 heavy (non-hydrogen) atoms. The monoisotopic (exact) mass is 225 g/mol. The molecule has 0 unspecified atom stereocenters. The maximum absolute atomic E-state index is 11.6. The van der Waals surface area contributed by atoms with E-state index in [2.05, 4.69) is 15.2 Å². The van der Waals surface area contributed by atoms with Crippen LogP contribution < -0.4 is 0 Å². The molecule has 1 aromatic carbocycles. The zero-order valence-corrected chi connectivity index (χ0v) is 9.61. The van der Waals surface area contributed by atoms with Gasteiger partial charge in [-0.15, -0.1) is 10.2 Å². The summed E-state index contributed by atoms with van der Waals surface area (Å²) in [6, 6.07) is 7.76. The first kappa shape index (κ1) is 9.96. The number of nitrogens with zero attached hydrogens (tertiary/aromatic N) is 2. The second kappa shape index (κ2) is 3.38. The van der Waals surface area contributed by atoms with Crippen LogP contribution >= 0.6 is 0 Å². The number of fused-ring (bicyclic) bond motifs is 3. The van der Waals surface area contributed by atoms with Crippen molar-refractivity contribution in [2.45, 2.75) is 13.8 Å². The highest BCUT2D eigenvalue weighted by molar-refractivity contribution is 6.12. The molecule has 2 aromatic heterocycles. The van der Waals surface area contributed by atoms with Crippen molar-refractivity contribution in [3.63, 3.8) is 0 Å². The van der Waals surface area contributed by atoms with E-state index >= 15 is 0 Å². The molecule has 0 aliphatic carbocycles. The number of ketones is 1. The Morgan fingerprint density at radius 2 is 2.00 bits per heavy atom. The zero-order chi connectivity index (χ0) is 12.0. The van der Waals surface area contributed by atoms with Crippen molar-refractivity contribution in [2.24, 2.45) is 0 Å². The molecule has 3 rings (SSSR count). The van der Waals surface area contributed by atoms with Gasteiger partial charge in [0.05, 0.1) is 16.6 Å². The molecule has 0 aliphatic rings. The standard InChI is InChI=1S/C13H11N3O/c1-7-11(8(2)17)13-12(14-7)9-5-3-4-6-10(9)15-16-13/h3-6,14H,1-2H3. The zero-order valence-electron chi connectivity index (χ0n) is 9.61. The lowest BCUT2D eigenvalue weighted by molar-refractivity contribution is 0.101. The number of Topliss-reactive ketones (excluding diaryl/α,β-unsaturated/α-hetero) is 1. The molecule has 1 N–H and O–H groups in total. The highest BCUT2D eigenvalue weighted by atomic mass is 16.1. The lowest BCUT2D eigenvalue weighted by atomic mass is 10.1. The molecule has 4 heteroatoms. The summed E-state index contributed by atoms with van der Waals surface area (Å²) in [6.07, 6.45) is 0. The Kier molecular flexibility index (Phi) is 1.98. The van der Waals surface area contributed by atoms with E-state index < -0.39 is 0 Å². The maximum atomic E-state index is 11.6. The Labute approximate surface area is 97.7 Å². The van der Waals surface area contributed by atoms with Gasteiger partial charge in [0.2, 0.25) is 0 Å². The second-order valence-corrected chi connectivity index (χ2v) is 4.12. The summed E-state index contributed by atoms with van der Waals surface area (Å²) in [7, 11) is 0. The predicted molar refractivity (Wildman–Crippen MR) is 66.1 cm³/mol. The number of aryl methyl sites for hydroxylation is 1. The first-order chi connectivity index (χ1) is 8.18. The van der Waals surface area contributed by atoms with Crippen LogP contribution in [0.25, 0.3) is 21.9 Å². The molecule has 3 aromatic rings. The summed E-state index contributed by atoms with van der Waals surface area (Å²) in [6.45, 7) is 3.43. The highest BCUT2D eigenvalue weighted by Gasteiger charge is 2.15. The van der Waals surface area contributed by atoms with E-state index in [-0.39, 0.29) is 5.78 Å². The van der Waals surface area contributed by atoms with E-state index in [0.29, 0.717) is 11.1 Å². The van der Waals surface area contributed by atoms with E-state index in [1.54, 1.807) is 6.92 Å². The van der Waals surface area contributed by atoms with Gasteiger partial charge in [0.1, 0.15) is 5.52 Å². The summed E-state index contributed by atoms with van der Waals surface area (Å²) >= 11 is 0. The van der Waals surface area contributed by atoms with Crippen molar-refractivity contribution < 1.29 is 4.79 Å². The first-order valence-corrected chi connectivity index (χ1v) is 5.43. The molecule has 84 valence electrons. The Hall–Kier alpha value is -2.23. The molecule has 2 heterocycles. The fraction of sp³-hybridized carbons (Fsp3) is 0.154. The molecule has 0 saturated carbocycles. The van der Waals surface area contributed by atoms with E-state index in [1.165, 1.54) is 0 Å². The van der Waals surface area contributed by atoms with Gasteiger partial charge in [-0.1, -0.05) is 18.2 Å². The topological polar surface area (TPSA) is 58.6 Å². The number of benzene rings is 1. The number of aromatic amines is 1. The summed E-state index contributed by atoms with van der Waals surface area (Å²) in [4.78, 5) is 14.8. The third-order valence-electron chi connectivity index (χ3n) is 2.94.